The molecule has 3 N–H and O–H groups in total. The number of thiophene rings is 1. The molecular formula is C14H11Cl2N5OS. The first-order valence-electron chi connectivity index (χ1n) is 6.52. The molecule has 6 nitrogen and oxygen atoms in total. The lowest BCUT2D eigenvalue weighted by atomic mass is 10.2. The first kappa shape index (κ1) is 15.8. The maximum absolute atomic E-state index is 12.0. The number of aryl methyl sites for hydroxylation is 1. The normalized spacial score (nSPS) is 10.6. The second-order valence-electron chi connectivity index (χ2n) is 4.67. The van der Waals surface area contributed by atoms with Gasteiger partial charge in [-0.05, 0) is 30.7 Å². The Morgan fingerprint density at radius 3 is 2.83 bits per heavy atom. The predicted octanol–water partition coefficient (Wildman–Crippen LogP) is 4.79. The van der Waals surface area contributed by atoms with E-state index in [1.54, 1.807) is 24.4 Å². The number of anilines is 2. The Bertz CT molecular complexity index is 860. The fourth-order valence-corrected chi connectivity index (χ4v) is 3.04. The van der Waals surface area contributed by atoms with Gasteiger partial charge in [0.05, 0.1) is 14.9 Å². The molecule has 2 amide bonds. The molecule has 0 bridgehead atoms. The third-order valence-electron chi connectivity index (χ3n) is 2.98. The van der Waals surface area contributed by atoms with E-state index in [1.165, 1.54) is 11.3 Å². The number of hydrogen-bond donors (Lipinski definition) is 3. The molecule has 0 aliphatic heterocycles. The number of H-pyrrole nitrogens is 1. The van der Waals surface area contributed by atoms with Crippen LogP contribution in [0.3, 0.4) is 0 Å². The van der Waals surface area contributed by atoms with Gasteiger partial charge in [-0.15, -0.1) is 11.3 Å². The Kier molecular flexibility index (Phi) is 4.51. The average molecular weight is 368 g/mol. The molecule has 9 heteroatoms. The summed E-state index contributed by atoms with van der Waals surface area (Å²) in [5.41, 5.74) is 2.17. The third-order valence-corrected chi connectivity index (χ3v) is 4.45. The first-order chi connectivity index (χ1) is 11.0. The van der Waals surface area contributed by atoms with Gasteiger partial charge in [-0.1, -0.05) is 23.2 Å². The number of carbonyl (C=O) groups excluding carboxylic acids is 1. The number of hydrogen-bond acceptors (Lipinski definition) is 4. The SMILES string of the molecule is Cc1cnc(Cl)cc1NC(=O)Nc1cc(-c2ccc(Cl)s2)[nH]n1. The molecular weight excluding hydrogens is 357 g/mol. The number of rotatable bonds is 3. The highest BCUT2D eigenvalue weighted by atomic mass is 35.5. The van der Waals surface area contributed by atoms with E-state index >= 15 is 0 Å². The summed E-state index contributed by atoms with van der Waals surface area (Å²) < 4.78 is 0.687. The summed E-state index contributed by atoms with van der Waals surface area (Å²) in [6, 6.07) is 6.58. The summed E-state index contributed by atoms with van der Waals surface area (Å²) >= 11 is 13.2. The lowest BCUT2D eigenvalue weighted by Gasteiger charge is -2.08. The molecule has 118 valence electrons. The monoisotopic (exact) mass is 367 g/mol. The average Bonchev–Trinajstić information content (AvgIpc) is 3.12. The van der Waals surface area contributed by atoms with Gasteiger partial charge in [-0.2, -0.15) is 5.10 Å². The van der Waals surface area contributed by atoms with Crippen molar-refractivity contribution in [1.82, 2.24) is 15.2 Å². The van der Waals surface area contributed by atoms with Crippen LogP contribution in [0, 0.1) is 6.92 Å². The van der Waals surface area contributed by atoms with Gasteiger partial charge < -0.3 is 5.32 Å². The minimum absolute atomic E-state index is 0.308. The predicted molar refractivity (Wildman–Crippen MR) is 93.5 cm³/mol. The summed E-state index contributed by atoms with van der Waals surface area (Å²) in [5.74, 6) is 0.403. The molecule has 0 aromatic carbocycles. The van der Waals surface area contributed by atoms with Crippen molar-refractivity contribution in [2.75, 3.05) is 10.6 Å². The zero-order valence-electron chi connectivity index (χ0n) is 11.9. The lowest BCUT2D eigenvalue weighted by molar-refractivity contribution is 0.262. The van der Waals surface area contributed by atoms with Crippen LogP contribution in [0.2, 0.25) is 9.49 Å². The molecule has 3 heterocycles. The first-order valence-corrected chi connectivity index (χ1v) is 8.10. The Morgan fingerprint density at radius 1 is 1.26 bits per heavy atom. The number of urea groups is 1. The van der Waals surface area contributed by atoms with E-state index in [4.69, 9.17) is 23.2 Å². The van der Waals surface area contributed by atoms with Gasteiger partial charge >= 0.3 is 6.03 Å². The number of carbonyl (C=O) groups is 1. The number of aromatic amines is 1. The number of nitrogens with one attached hydrogen (secondary N) is 3. The van der Waals surface area contributed by atoms with E-state index in [9.17, 15) is 4.79 Å². The van der Waals surface area contributed by atoms with Crippen LogP contribution in [-0.4, -0.2) is 21.2 Å². The smallest absolute Gasteiger partial charge is 0.307 e. The highest BCUT2D eigenvalue weighted by molar-refractivity contribution is 7.19. The summed E-state index contributed by atoms with van der Waals surface area (Å²) in [6.07, 6.45) is 1.59. The second-order valence-corrected chi connectivity index (χ2v) is 6.77. The number of pyridine rings is 1. The Balaban J connectivity index is 1.69. The van der Waals surface area contributed by atoms with Crippen molar-refractivity contribution in [2.24, 2.45) is 0 Å². The Hall–Kier alpha value is -2.09. The molecule has 0 saturated heterocycles. The lowest BCUT2D eigenvalue weighted by Crippen LogP contribution is -2.20. The van der Waals surface area contributed by atoms with Crippen LogP contribution >= 0.6 is 34.5 Å². The minimum Gasteiger partial charge on any atom is -0.307 e. The summed E-state index contributed by atoms with van der Waals surface area (Å²) in [4.78, 5) is 16.9. The second kappa shape index (κ2) is 6.57. The molecule has 23 heavy (non-hydrogen) atoms. The molecule has 0 spiro atoms. The van der Waals surface area contributed by atoms with E-state index in [0.717, 1.165) is 16.1 Å². The zero-order valence-corrected chi connectivity index (χ0v) is 14.2. The minimum atomic E-state index is -0.419. The summed E-state index contributed by atoms with van der Waals surface area (Å²) in [7, 11) is 0. The maximum atomic E-state index is 12.0. The van der Waals surface area contributed by atoms with Crippen molar-refractivity contribution in [3.05, 3.63) is 45.5 Å². The van der Waals surface area contributed by atoms with Gasteiger partial charge in [0.1, 0.15) is 5.15 Å². The fourth-order valence-electron chi connectivity index (χ4n) is 1.87. The van der Waals surface area contributed by atoms with Crippen LogP contribution < -0.4 is 10.6 Å². The van der Waals surface area contributed by atoms with Crippen LogP contribution in [0.15, 0.2) is 30.5 Å². The van der Waals surface area contributed by atoms with Gasteiger partial charge in [0, 0.05) is 18.0 Å². The number of amides is 2. The van der Waals surface area contributed by atoms with Crippen molar-refractivity contribution >= 4 is 52.1 Å². The molecule has 0 saturated carbocycles. The van der Waals surface area contributed by atoms with Gasteiger partial charge in [0.2, 0.25) is 0 Å². The van der Waals surface area contributed by atoms with Gasteiger partial charge in [0.25, 0.3) is 0 Å². The highest BCUT2D eigenvalue weighted by Gasteiger charge is 2.10. The van der Waals surface area contributed by atoms with E-state index in [-0.39, 0.29) is 0 Å². The van der Waals surface area contributed by atoms with E-state index in [1.807, 2.05) is 13.0 Å². The largest absolute Gasteiger partial charge is 0.324 e. The van der Waals surface area contributed by atoms with Crippen LogP contribution in [0.5, 0.6) is 0 Å². The van der Waals surface area contributed by atoms with Crippen LogP contribution in [0.25, 0.3) is 10.6 Å². The van der Waals surface area contributed by atoms with Gasteiger partial charge in [-0.25, -0.2) is 9.78 Å². The van der Waals surface area contributed by atoms with E-state index < -0.39 is 6.03 Å². The van der Waals surface area contributed by atoms with Crippen molar-refractivity contribution in [3.63, 3.8) is 0 Å². The van der Waals surface area contributed by atoms with Gasteiger partial charge in [-0.3, -0.25) is 10.4 Å². The molecule has 0 atom stereocenters. The number of halogens is 2. The van der Waals surface area contributed by atoms with Crippen LogP contribution in [-0.2, 0) is 0 Å². The Labute approximate surface area is 145 Å². The number of aromatic nitrogens is 3. The molecule has 0 aliphatic rings. The van der Waals surface area contributed by atoms with Crippen molar-refractivity contribution < 1.29 is 4.79 Å². The van der Waals surface area contributed by atoms with Crippen molar-refractivity contribution in [1.29, 1.82) is 0 Å². The molecule has 0 unspecified atom stereocenters. The topological polar surface area (TPSA) is 82.7 Å². The summed E-state index contributed by atoms with van der Waals surface area (Å²) in [6.45, 7) is 1.83. The van der Waals surface area contributed by atoms with Crippen LogP contribution in [0.1, 0.15) is 5.56 Å². The Morgan fingerprint density at radius 2 is 2.09 bits per heavy atom. The number of nitrogens with zero attached hydrogens (tertiary/aromatic N) is 2. The highest BCUT2D eigenvalue weighted by Crippen LogP contribution is 2.30. The molecule has 3 aromatic rings. The fraction of sp³-hybridized carbons (Fsp3) is 0.0714. The maximum Gasteiger partial charge on any atom is 0.324 e. The summed E-state index contributed by atoms with van der Waals surface area (Å²) in [5, 5.41) is 12.6. The third kappa shape index (κ3) is 3.82. The molecule has 0 fully saturated rings. The van der Waals surface area contributed by atoms with E-state index in [0.29, 0.717) is 21.0 Å². The molecule has 0 aliphatic carbocycles. The van der Waals surface area contributed by atoms with E-state index in [2.05, 4.69) is 25.8 Å². The molecule has 3 aromatic heterocycles. The molecule has 3 rings (SSSR count). The van der Waals surface area contributed by atoms with Crippen molar-refractivity contribution in [3.8, 4) is 10.6 Å². The quantitative estimate of drug-likeness (QED) is 0.581. The van der Waals surface area contributed by atoms with Crippen LogP contribution in [0.4, 0.5) is 16.3 Å². The standard InChI is InChI=1S/C14H11Cl2N5OS/c1-7-6-17-11(15)4-8(7)18-14(22)19-13-5-9(20-21-13)10-2-3-12(16)23-10/h2-6H,1H3,(H3,17,18,19,20,21,22). The zero-order chi connectivity index (χ0) is 16.4. The van der Waals surface area contributed by atoms with Gasteiger partial charge in [0.15, 0.2) is 5.82 Å². The van der Waals surface area contributed by atoms with Crippen molar-refractivity contribution in [2.45, 2.75) is 6.92 Å². The molecule has 0 radical (unpaired) electrons.